The van der Waals surface area contributed by atoms with Gasteiger partial charge in [0.1, 0.15) is 12.1 Å². The molecule has 0 aliphatic carbocycles. The van der Waals surface area contributed by atoms with Gasteiger partial charge < -0.3 is 9.84 Å². The predicted octanol–water partition coefficient (Wildman–Crippen LogP) is 4.61. The first-order chi connectivity index (χ1) is 16.3. The van der Waals surface area contributed by atoms with E-state index in [9.17, 15) is 5.11 Å². The lowest BCUT2D eigenvalue weighted by Crippen LogP contribution is -2.25. The highest BCUT2D eigenvalue weighted by Gasteiger charge is 2.21. The number of hydrogen-bond donors (Lipinski definition) is 1. The SMILES string of the molecule is COC[C@H](N=Cc1ccccc1P(c1ccccc1)c1ccccc1)[C@@H](O)c1ccccc1. The van der Waals surface area contributed by atoms with Gasteiger partial charge in [0, 0.05) is 18.9 Å². The predicted molar refractivity (Wildman–Crippen MR) is 140 cm³/mol. The molecule has 1 N–H and O–H groups in total. The Morgan fingerprint density at radius 2 is 1.27 bits per heavy atom. The number of nitrogens with zero attached hydrogens (tertiary/aromatic N) is 1. The molecule has 4 aromatic carbocycles. The summed E-state index contributed by atoms with van der Waals surface area (Å²) in [5.74, 6) is 0. The minimum absolute atomic E-state index is 0.334. The molecule has 4 aromatic rings. The van der Waals surface area contributed by atoms with Crippen LogP contribution in [0.5, 0.6) is 0 Å². The topological polar surface area (TPSA) is 41.8 Å². The van der Waals surface area contributed by atoms with E-state index in [0.717, 1.165) is 11.1 Å². The highest BCUT2D eigenvalue weighted by atomic mass is 31.1. The fourth-order valence-corrected chi connectivity index (χ4v) is 6.24. The summed E-state index contributed by atoms with van der Waals surface area (Å²) < 4.78 is 5.38. The number of benzene rings is 4. The number of aliphatic imine (C=N–C) groups is 1. The fraction of sp³-hybridized carbons (Fsp3) is 0.138. The maximum Gasteiger partial charge on any atom is 0.104 e. The Morgan fingerprint density at radius 1 is 0.758 bits per heavy atom. The Labute approximate surface area is 197 Å². The summed E-state index contributed by atoms with van der Waals surface area (Å²) in [5, 5.41) is 14.7. The first-order valence-corrected chi connectivity index (χ1v) is 12.4. The number of ether oxygens (including phenoxy) is 1. The summed E-state index contributed by atoms with van der Waals surface area (Å²) >= 11 is 0. The number of hydrogen-bond acceptors (Lipinski definition) is 3. The molecule has 0 spiro atoms. The number of aliphatic hydroxyl groups excluding tert-OH is 1. The Balaban J connectivity index is 1.71. The van der Waals surface area contributed by atoms with Crippen molar-refractivity contribution in [3.63, 3.8) is 0 Å². The average Bonchev–Trinajstić information content (AvgIpc) is 2.89. The molecular formula is C29H28NO2P. The van der Waals surface area contributed by atoms with Crippen LogP contribution in [0.1, 0.15) is 17.2 Å². The Kier molecular flexibility index (Phi) is 8.16. The summed E-state index contributed by atoms with van der Waals surface area (Å²) in [6.07, 6.45) is 1.16. The van der Waals surface area contributed by atoms with Crippen LogP contribution in [-0.2, 0) is 4.74 Å². The van der Waals surface area contributed by atoms with Gasteiger partial charge in [0.2, 0.25) is 0 Å². The summed E-state index contributed by atoms with van der Waals surface area (Å²) in [5.41, 5.74) is 1.89. The first kappa shape index (κ1) is 23.1. The second kappa shape index (κ2) is 11.7. The second-order valence-electron chi connectivity index (χ2n) is 7.72. The van der Waals surface area contributed by atoms with Crippen LogP contribution < -0.4 is 15.9 Å². The lowest BCUT2D eigenvalue weighted by atomic mass is 10.0. The highest BCUT2D eigenvalue weighted by Crippen LogP contribution is 2.33. The monoisotopic (exact) mass is 453 g/mol. The zero-order chi connectivity index (χ0) is 22.9. The van der Waals surface area contributed by atoms with Crippen LogP contribution >= 0.6 is 7.92 Å². The van der Waals surface area contributed by atoms with Crippen molar-refractivity contribution in [3.05, 3.63) is 126 Å². The van der Waals surface area contributed by atoms with Crippen LogP contribution in [0.4, 0.5) is 0 Å². The Morgan fingerprint density at radius 3 is 1.85 bits per heavy atom. The van der Waals surface area contributed by atoms with Crippen LogP contribution in [-0.4, -0.2) is 31.1 Å². The van der Waals surface area contributed by atoms with Crippen molar-refractivity contribution in [3.8, 4) is 0 Å². The fourth-order valence-electron chi connectivity index (χ4n) is 3.82. The van der Waals surface area contributed by atoms with Gasteiger partial charge in [0.15, 0.2) is 0 Å². The zero-order valence-corrected chi connectivity index (χ0v) is 19.6. The van der Waals surface area contributed by atoms with E-state index in [-0.39, 0.29) is 0 Å². The van der Waals surface area contributed by atoms with Crippen LogP contribution in [0.3, 0.4) is 0 Å². The quantitative estimate of drug-likeness (QED) is 0.297. The standard InChI is InChI=1S/C29H28NO2P/c1-32-22-27(29(31)23-13-5-2-6-14-23)30-21-24-15-11-12-20-28(24)33(25-16-7-3-8-17-25)26-18-9-4-10-19-26/h2-21,27,29,31H,22H2,1H3/t27-,29-/m0/s1. The third kappa shape index (κ3) is 5.83. The van der Waals surface area contributed by atoms with Crippen molar-refractivity contribution >= 4 is 30.0 Å². The molecule has 2 atom stereocenters. The van der Waals surface area contributed by atoms with E-state index >= 15 is 0 Å². The molecule has 0 aliphatic rings. The normalized spacial score (nSPS) is 13.3. The van der Waals surface area contributed by atoms with E-state index in [0.29, 0.717) is 6.61 Å². The van der Waals surface area contributed by atoms with Crippen molar-refractivity contribution in [2.45, 2.75) is 12.1 Å². The Hall–Kier alpha value is -3.10. The lowest BCUT2D eigenvalue weighted by molar-refractivity contribution is 0.0886. The van der Waals surface area contributed by atoms with E-state index in [1.54, 1.807) is 7.11 Å². The maximum absolute atomic E-state index is 10.9. The molecular weight excluding hydrogens is 425 g/mol. The van der Waals surface area contributed by atoms with Crippen molar-refractivity contribution in [2.24, 2.45) is 4.99 Å². The molecule has 4 heteroatoms. The molecule has 0 fully saturated rings. The van der Waals surface area contributed by atoms with Crippen molar-refractivity contribution in [2.75, 3.05) is 13.7 Å². The van der Waals surface area contributed by atoms with Gasteiger partial charge in [0.05, 0.1) is 6.61 Å². The minimum Gasteiger partial charge on any atom is -0.386 e. The van der Waals surface area contributed by atoms with Crippen LogP contribution in [0, 0.1) is 0 Å². The van der Waals surface area contributed by atoms with E-state index in [1.807, 2.05) is 42.6 Å². The molecule has 3 nitrogen and oxygen atoms in total. The third-order valence-electron chi connectivity index (χ3n) is 5.45. The van der Waals surface area contributed by atoms with Crippen LogP contribution in [0.25, 0.3) is 0 Å². The molecule has 0 saturated carbocycles. The van der Waals surface area contributed by atoms with Crippen LogP contribution in [0.2, 0.25) is 0 Å². The lowest BCUT2D eigenvalue weighted by Gasteiger charge is -2.22. The van der Waals surface area contributed by atoms with Gasteiger partial charge in [-0.25, -0.2) is 0 Å². The van der Waals surface area contributed by atoms with Gasteiger partial charge >= 0.3 is 0 Å². The first-order valence-electron chi connectivity index (χ1n) is 11.0. The molecule has 0 saturated heterocycles. The number of aliphatic hydroxyl groups is 1. The third-order valence-corrected chi connectivity index (χ3v) is 7.97. The summed E-state index contributed by atoms with van der Waals surface area (Å²) in [6.45, 7) is 0.334. The maximum atomic E-state index is 10.9. The van der Waals surface area contributed by atoms with Gasteiger partial charge in [-0.2, -0.15) is 0 Å². The molecule has 0 radical (unpaired) electrons. The Bertz CT molecular complexity index is 1110. The zero-order valence-electron chi connectivity index (χ0n) is 18.7. The van der Waals surface area contributed by atoms with E-state index in [4.69, 9.17) is 9.73 Å². The molecule has 0 aromatic heterocycles. The number of rotatable bonds is 9. The largest absolute Gasteiger partial charge is 0.386 e. The molecule has 0 amide bonds. The molecule has 0 unspecified atom stereocenters. The minimum atomic E-state index is -0.750. The van der Waals surface area contributed by atoms with Gasteiger partial charge in [-0.3, -0.25) is 4.99 Å². The molecule has 166 valence electrons. The highest BCUT2D eigenvalue weighted by molar-refractivity contribution is 7.80. The van der Waals surface area contributed by atoms with Gasteiger partial charge in [-0.15, -0.1) is 0 Å². The average molecular weight is 454 g/mol. The summed E-state index contributed by atoms with van der Waals surface area (Å²) in [6, 6.07) is 38.9. The molecule has 0 heterocycles. The molecule has 0 bridgehead atoms. The summed E-state index contributed by atoms with van der Waals surface area (Å²) in [4.78, 5) is 4.80. The molecule has 33 heavy (non-hydrogen) atoms. The molecule has 4 rings (SSSR count). The van der Waals surface area contributed by atoms with Crippen LogP contribution in [0.15, 0.2) is 120 Å². The van der Waals surface area contributed by atoms with E-state index < -0.39 is 20.1 Å². The summed E-state index contributed by atoms with van der Waals surface area (Å²) in [7, 11) is 0.888. The van der Waals surface area contributed by atoms with Crippen molar-refractivity contribution < 1.29 is 9.84 Å². The second-order valence-corrected chi connectivity index (χ2v) is 9.91. The van der Waals surface area contributed by atoms with Gasteiger partial charge in [-0.1, -0.05) is 115 Å². The van der Waals surface area contributed by atoms with Crippen molar-refractivity contribution in [1.29, 1.82) is 0 Å². The van der Waals surface area contributed by atoms with Crippen molar-refractivity contribution in [1.82, 2.24) is 0 Å². The smallest absolute Gasteiger partial charge is 0.104 e. The van der Waals surface area contributed by atoms with Gasteiger partial charge in [0.25, 0.3) is 0 Å². The number of methoxy groups -OCH3 is 1. The molecule has 0 aliphatic heterocycles. The van der Waals surface area contributed by atoms with E-state index in [1.165, 1.54) is 15.9 Å². The van der Waals surface area contributed by atoms with Gasteiger partial charge in [-0.05, 0) is 29.4 Å². The van der Waals surface area contributed by atoms with E-state index in [2.05, 4.69) is 78.9 Å².